The van der Waals surface area contributed by atoms with Crippen LogP contribution in [0.4, 0.5) is 9.59 Å². The summed E-state index contributed by atoms with van der Waals surface area (Å²) in [5, 5.41) is 21.2. The molecule has 0 heterocycles. The van der Waals surface area contributed by atoms with E-state index in [9.17, 15) is 48.6 Å². The number of aliphatic hydroxyl groups excluding tert-OH is 1. The zero-order valence-corrected chi connectivity index (χ0v) is 67.8. The molecule has 0 aliphatic heterocycles. The molecule has 654 valence electrons. The lowest BCUT2D eigenvalue weighted by atomic mass is 9.86. The van der Waals surface area contributed by atoms with Crippen LogP contribution < -0.4 is 9.47 Å². The molecule has 0 saturated heterocycles. The summed E-state index contributed by atoms with van der Waals surface area (Å²) in [7, 11) is 7.55. The molecule has 0 aromatic heterocycles. The maximum Gasteiger partial charge on any atom is 0.508 e. The molecule has 2 aromatic rings. The van der Waals surface area contributed by atoms with Gasteiger partial charge in [-0.15, -0.1) is 0 Å². The summed E-state index contributed by atoms with van der Waals surface area (Å²) in [5.74, 6) is -3.05. The summed E-state index contributed by atoms with van der Waals surface area (Å²) >= 11 is 0. The van der Waals surface area contributed by atoms with Gasteiger partial charge in [0.1, 0.15) is 101 Å². The van der Waals surface area contributed by atoms with Gasteiger partial charge in [-0.1, -0.05) is 27.7 Å². The number of ether oxygens (including phenoxy) is 28. The number of esters is 4. The van der Waals surface area contributed by atoms with Crippen molar-refractivity contribution in [3.8, 4) is 11.5 Å². The average molecular weight is 1640 g/mol. The Morgan fingerprint density at radius 2 is 0.632 bits per heavy atom. The minimum Gasteiger partial charge on any atom is -0.490 e. The van der Waals surface area contributed by atoms with E-state index < -0.39 is 142 Å². The van der Waals surface area contributed by atoms with Crippen LogP contribution in [0.1, 0.15) is 62.3 Å². The molecule has 38 heteroatoms. The molecule has 6 unspecified atom stereocenters. The molecule has 2 aromatic carbocycles. The predicted molar refractivity (Wildman–Crippen MR) is 397 cm³/mol. The molecule has 0 radical (unpaired) electrons. The molecule has 38 nitrogen and oxygen atoms in total. The van der Waals surface area contributed by atoms with Gasteiger partial charge in [0, 0.05) is 57.5 Å². The van der Waals surface area contributed by atoms with E-state index in [1.807, 2.05) is 20.8 Å². The Hall–Kier alpha value is -7.00. The van der Waals surface area contributed by atoms with E-state index in [4.69, 9.17) is 133 Å². The molecule has 0 bridgehead atoms. The summed E-state index contributed by atoms with van der Waals surface area (Å²) in [6.45, 7) is 6.73. The van der Waals surface area contributed by atoms with Gasteiger partial charge in [0.15, 0.2) is 23.8 Å². The fraction of sp³-hybridized carbons (Fsp3) is 0.737. The second-order valence-electron chi connectivity index (χ2n) is 26.7. The normalized spacial score (nSPS) is 13.5. The topological polar surface area (TPSA) is 435 Å². The first-order valence-corrected chi connectivity index (χ1v) is 37.0. The van der Waals surface area contributed by atoms with Crippen molar-refractivity contribution >= 4 is 47.8 Å². The van der Waals surface area contributed by atoms with Crippen LogP contribution in [0.2, 0.25) is 0 Å². The second kappa shape index (κ2) is 64.1. The minimum atomic E-state index is -1.58. The highest BCUT2D eigenvalue weighted by Gasteiger charge is 2.30. The fourth-order valence-corrected chi connectivity index (χ4v) is 8.95. The standard InChI is InChI=1S/C76H122O38/c1-74(2,3)70(82)57-12-16-60(17-13-57)105-36-38-107-72(84)110-49-64(113-69(81)53-99-35-31-95-27-23-90-10)45-101-43-62(111-67(79)51-97-33-29-93-25-21-88-8)42-100-40-59(77)41-103-55-76(6,54-91-11)56-104-47-63(112-68(80)52-98-34-30-94-26-22-89-9)44-102-46-65(48-109-66(78)50-96-32-28-92-24-20-87-7)114-73(85)108-39-37-106-61-18-14-58(15-19-61)71(83)75(4,5)86/h12-19,59,62-65,77,86H,20-56H2,1-11H3. The summed E-state index contributed by atoms with van der Waals surface area (Å²) in [4.78, 5) is 103. The highest BCUT2D eigenvalue weighted by molar-refractivity contribution is 6.02. The minimum absolute atomic E-state index is 0.0407. The largest absolute Gasteiger partial charge is 0.508 e. The van der Waals surface area contributed by atoms with Crippen LogP contribution in [0.15, 0.2) is 48.5 Å². The summed E-state index contributed by atoms with van der Waals surface area (Å²) in [6, 6.07) is 12.5. The van der Waals surface area contributed by atoms with Crippen LogP contribution in [-0.2, 0) is 142 Å². The van der Waals surface area contributed by atoms with E-state index in [-0.39, 0.29) is 150 Å². The van der Waals surface area contributed by atoms with E-state index in [0.717, 1.165) is 0 Å². The number of aliphatic hydroxyl groups is 2. The predicted octanol–water partition coefficient (Wildman–Crippen LogP) is 3.10. The number of Topliss-reactive ketones (excluding diaryl/α,β-unsaturated/α-hetero) is 2. The van der Waals surface area contributed by atoms with Gasteiger partial charge in [-0.2, -0.15) is 0 Å². The number of benzene rings is 2. The van der Waals surface area contributed by atoms with Gasteiger partial charge in [0.05, 0.1) is 178 Å². The lowest BCUT2D eigenvalue weighted by Crippen LogP contribution is -2.38. The molecule has 0 spiro atoms. The highest BCUT2D eigenvalue weighted by atomic mass is 16.8. The highest BCUT2D eigenvalue weighted by Crippen LogP contribution is 2.24. The van der Waals surface area contributed by atoms with Crippen LogP contribution in [0.25, 0.3) is 0 Å². The Morgan fingerprint density at radius 1 is 0.307 bits per heavy atom. The number of ketones is 2. The van der Waals surface area contributed by atoms with Gasteiger partial charge in [-0.25, -0.2) is 28.8 Å². The molecule has 0 aliphatic carbocycles. The zero-order chi connectivity index (χ0) is 83.9. The second-order valence-corrected chi connectivity index (χ2v) is 26.7. The summed E-state index contributed by atoms with van der Waals surface area (Å²) in [6.07, 6.45) is -8.41. The first-order valence-electron chi connectivity index (χ1n) is 37.0. The molecule has 2 N–H and O–H groups in total. The van der Waals surface area contributed by atoms with Crippen molar-refractivity contribution in [3.63, 3.8) is 0 Å². The van der Waals surface area contributed by atoms with E-state index in [2.05, 4.69) is 0 Å². The molecule has 6 atom stereocenters. The third-order valence-electron chi connectivity index (χ3n) is 14.5. The van der Waals surface area contributed by atoms with Crippen molar-refractivity contribution in [3.05, 3.63) is 59.7 Å². The number of carbonyl (C=O) groups is 8. The maximum absolute atomic E-state index is 13.2. The van der Waals surface area contributed by atoms with Gasteiger partial charge in [-0.05, 0) is 62.4 Å². The Kier molecular flexibility index (Phi) is 58.0. The monoisotopic (exact) mass is 1640 g/mol. The van der Waals surface area contributed by atoms with Crippen molar-refractivity contribution in [1.29, 1.82) is 0 Å². The van der Waals surface area contributed by atoms with Crippen molar-refractivity contribution in [2.45, 2.75) is 77.7 Å². The van der Waals surface area contributed by atoms with Crippen molar-refractivity contribution in [2.24, 2.45) is 10.8 Å². The molecule has 2 rings (SSSR count). The number of methoxy groups -OCH3 is 5. The Morgan fingerprint density at radius 3 is 1.03 bits per heavy atom. The molecule has 0 fully saturated rings. The van der Waals surface area contributed by atoms with Crippen LogP contribution in [0, 0.1) is 10.8 Å². The molecule has 0 amide bonds. The van der Waals surface area contributed by atoms with Gasteiger partial charge in [-0.3, -0.25) is 9.59 Å². The third-order valence-corrected chi connectivity index (χ3v) is 14.5. The SMILES string of the molecule is COCCOCCOCC(=O)OCC(COCC(COCC(C)(COC)COCC(O)COCC(COCC(COC(=O)OCCOc1ccc(C(=O)C(C)(C)C)cc1)OC(=O)COCCOCCOC)OC(=O)COCCOCCOC)OC(=O)COCCOCCOC)OC(=O)OCCOc1ccc(C(=O)C(C)(C)O)cc1. The summed E-state index contributed by atoms with van der Waals surface area (Å²) in [5.41, 5.74) is -2.30. The number of hydrogen-bond donors (Lipinski definition) is 2. The molecular formula is C76H122O38. The number of hydrogen-bond acceptors (Lipinski definition) is 38. The Bertz CT molecular complexity index is 2850. The van der Waals surface area contributed by atoms with Gasteiger partial charge in [0.2, 0.25) is 0 Å². The van der Waals surface area contributed by atoms with Crippen molar-refractivity contribution < 1.29 is 181 Å². The Labute approximate surface area is 666 Å². The fourth-order valence-electron chi connectivity index (χ4n) is 8.95. The van der Waals surface area contributed by atoms with Crippen molar-refractivity contribution in [1.82, 2.24) is 0 Å². The molecule has 0 saturated carbocycles. The first kappa shape index (κ1) is 103. The van der Waals surface area contributed by atoms with Gasteiger partial charge in [0.25, 0.3) is 0 Å². The van der Waals surface area contributed by atoms with E-state index in [1.165, 1.54) is 73.7 Å². The smallest absolute Gasteiger partial charge is 0.490 e. The average Bonchev–Trinajstić information content (AvgIpc) is 0.853. The van der Waals surface area contributed by atoms with Gasteiger partial charge >= 0.3 is 36.2 Å². The number of rotatable bonds is 73. The van der Waals surface area contributed by atoms with Crippen LogP contribution in [0.3, 0.4) is 0 Å². The quantitative estimate of drug-likeness (QED) is 0.0416. The Balaban J connectivity index is 2.18. The molecular weight excluding hydrogens is 1520 g/mol. The molecule has 114 heavy (non-hydrogen) atoms. The number of carbonyl (C=O) groups excluding carboxylic acids is 8. The third kappa shape index (κ3) is 54.0. The van der Waals surface area contributed by atoms with E-state index >= 15 is 0 Å². The van der Waals surface area contributed by atoms with Crippen molar-refractivity contribution in [2.75, 3.05) is 280 Å². The van der Waals surface area contributed by atoms with E-state index in [0.29, 0.717) is 69.9 Å². The van der Waals surface area contributed by atoms with Crippen LogP contribution in [0.5, 0.6) is 11.5 Å². The van der Waals surface area contributed by atoms with E-state index in [1.54, 1.807) is 31.2 Å². The first-order chi connectivity index (χ1) is 54.7. The molecule has 0 aliphatic rings. The van der Waals surface area contributed by atoms with Gasteiger partial charge < -0.3 is 143 Å². The van der Waals surface area contributed by atoms with Crippen LogP contribution in [-0.4, -0.2) is 374 Å². The van der Waals surface area contributed by atoms with Crippen LogP contribution >= 0.6 is 0 Å². The maximum atomic E-state index is 13.2. The lowest BCUT2D eigenvalue weighted by Gasteiger charge is -2.29. The zero-order valence-electron chi connectivity index (χ0n) is 67.8. The summed E-state index contributed by atoms with van der Waals surface area (Å²) < 4.78 is 153. The lowest BCUT2D eigenvalue weighted by molar-refractivity contribution is -0.167.